The Bertz CT molecular complexity index is 950. The van der Waals surface area contributed by atoms with Gasteiger partial charge in [0, 0.05) is 5.56 Å². The molecule has 1 atom stereocenters. The van der Waals surface area contributed by atoms with Crippen molar-refractivity contribution in [1.82, 2.24) is 4.90 Å². The number of Topliss-reactive ketones (excluding diaryl/α,β-unsaturated/α-hetero) is 1. The standard InChI is InChI=1S/C22H22N2O5/c1-4-14(2)15-5-7-16(8-6-15)19(25)13-23-20(26)21(27)24(22(23)28)17-9-11-18(29-3)12-10-17/h5-12,14H,4,13H2,1-3H3/t14-/m1/s1. The van der Waals surface area contributed by atoms with E-state index in [0.717, 1.165) is 16.9 Å². The van der Waals surface area contributed by atoms with Crippen LogP contribution < -0.4 is 9.64 Å². The van der Waals surface area contributed by atoms with Crippen LogP contribution in [0.1, 0.15) is 42.1 Å². The predicted octanol–water partition coefficient (Wildman–Crippen LogP) is 3.39. The molecule has 7 nitrogen and oxygen atoms in total. The molecule has 0 saturated carbocycles. The van der Waals surface area contributed by atoms with Gasteiger partial charge in [-0.2, -0.15) is 0 Å². The van der Waals surface area contributed by atoms with Crippen LogP contribution in [-0.2, 0) is 9.59 Å². The predicted molar refractivity (Wildman–Crippen MR) is 107 cm³/mol. The molecule has 1 heterocycles. The number of rotatable bonds is 7. The second kappa shape index (κ2) is 8.26. The summed E-state index contributed by atoms with van der Waals surface area (Å²) in [5.74, 6) is -1.49. The van der Waals surface area contributed by atoms with Crippen LogP contribution in [-0.4, -0.2) is 42.2 Å². The minimum Gasteiger partial charge on any atom is -0.497 e. The van der Waals surface area contributed by atoms with E-state index in [1.165, 1.54) is 19.2 Å². The monoisotopic (exact) mass is 394 g/mol. The number of hydrogen-bond acceptors (Lipinski definition) is 5. The Balaban J connectivity index is 1.76. The van der Waals surface area contributed by atoms with Gasteiger partial charge in [-0.1, -0.05) is 38.1 Å². The summed E-state index contributed by atoms with van der Waals surface area (Å²) in [4.78, 5) is 51.3. The fourth-order valence-electron chi connectivity index (χ4n) is 3.07. The van der Waals surface area contributed by atoms with E-state index >= 15 is 0 Å². The number of anilines is 1. The molecule has 1 aliphatic heterocycles. The molecule has 0 aliphatic carbocycles. The van der Waals surface area contributed by atoms with Crippen LogP contribution in [0.25, 0.3) is 0 Å². The summed E-state index contributed by atoms with van der Waals surface area (Å²) in [6, 6.07) is 12.4. The Hall–Kier alpha value is -3.48. The molecule has 1 aliphatic rings. The molecule has 0 unspecified atom stereocenters. The van der Waals surface area contributed by atoms with Crippen molar-refractivity contribution in [2.45, 2.75) is 26.2 Å². The molecule has 3 rings (SSSR count). The van der Waals surface area contributed by atoms with E-state index in [9.17, 15) is 19.2 Å². The van der Waals surface area contributed by atoms with Crippen LogP contribution in [0, 0.1) is 0 Å². The Labute approximate surface area is 168 Å². The molecular formula is C22H22N2O5. The lowest BCUT2D eigenvalue weighted by Crippen LogP contribution is -2.37. The number of methoxy groups -OCH3 is 1. The number of nitrogens with zero attached hydrogens (tertiary/aromatic N) is 2. The highest BCUT2D eigenvalue weighted by atomic mass is 16.5. The zero-order valence-corrected chi connectivity index (χ0v) is 16.5. The highest BCUT2D eigenvalue weighted by Gasteiger charge is 2.46. The van der Waals surface area contributed by atoms with Crippen molar-refractivity contribution in [3.8, 4) is 5.75 Å². The lowest BCUT2D eigenvalue weighted by atomic mass is 9.97. The fraction of sp³-hybridized carbons (Fsp3) is 0.273. The number of hydrogen-bond donors (Lipinski definition) is 0. The first kappa shape index (κ1) is 20.3. The van der Waals surface area contributed by atoms with E-state index in [0.29, 0.717) is 22.1 Å². The van der Waals surface area contributed by atoms with Gasteiger partial charge in [-0.3, -0.25) is 14.4 Å². The van der Waals surface area contributed by atoms with E-state index in [1.807, 2.05) is 12.1 Å². The Morgan fingerprint density at radius 2 is 1.59 bits per heavy atom. The maximum atomic E-state index is 12.7. The van der Waals surface area contributed by atoms with Gasteiger partial charge >= 0.3 is 17.8 Å². The van der Waals surface area contributed by atoms with Gasteiger partial charge in [0.25, 0.3) is 0 Å². The molecule has 1 fully saturated rings. The number of carbonyl (C=O) groups is 4. The lowest BCUT2D eigenvalue weighted by molar-refractivity contribution is -0.139. The molecule has 0 spiro atoms. The summed E-state index contributed by atoms with van der Waals surface area (Å²) in [6.07, 6.45) is 0.980. The third kappa shape index (κ3) is 3.89. The van der Waals surface area contributed by atoms with Crippen LogP contribution in [0.3, 0.4) is 0 Å². The number of imide groups is 2. The van der Waals surface area contributed by atoms with Crippen molar-refractivity contribution >= 4 is 29.3 Å². The number of ether oxygens (including phenoxy) is 1. The zero-order chi connectivity index (χ0) is 21.1. The Morgan fingerprint density at radius 1 is 0.966 bits per heavy atom. The van der Waals surface area contributed by atoms with Crippen molar-refractivity contribution < 1.29 is 23.9 Å². The van der Waals surface area contributed by atoms with Crippen molar-refractivity contribution in [2.75, 3.05) is 18.6 Å². The maximum Gasteiger partial charge on any atom is 0.339 e. The molecule has 150 valence electrons. The first-order valence-corrected chi connectivity index (χ1v) is 9.34. The normalized spacial score (nSPS) is 15.1. The third-order valence-corrected chi connectivity index (χ3v) is 5.10. The summed E-state index contributed by atoms with van der Waals surface area (Å²) in [7, 11) is 1.49. The van der Waals surface area contributed by atoms with Gasteiger partial charge in [0.15, 0.2) is 5.78 Å². The summed E-state index contributed by atoms with van der Waals surface area (Å²) in [6.45, 7) is 3.69. The molecule has 7 heteroatoms. The van der Waals surface area contributed by atoms with Gasteiger partial charge in [-0.15, -0.1) is 0 Å². The van der Waals surface area contributed by atoms with Gasteiger partial charge in [-0.25, -0.2) is 14.6 Å². The Morgan fingerprint density at radius 3 is 2.14 bits per heavy atom. The second-order valence-electron chi connectivity index (χ2n) is 6.87. The summed E-state index contributed by atoms with van der Waals surface area (Å²) < 4.78 is 5.05. The quantitative estimate of drug-likeness (QED) is 0.408. The summed E-state index contributed by atoms with van der Waals surface area (Å²) in [5.41, 5.74) is 1.73. The van der Waals surface area contributed by atoms with E-state index in [2.05, 4.69) is 13.8 Å². The van der Waals surface area contributed by atoms with Gasteiger partial charge in [0.2, 0.25) is 0 Å². The van der Waals surface area contributed by atoms with Gasteiger partial charge in [0.1, 0.15) is 5.75 Å². The van der Waals surface area contributed by atoms with Crippen LogP contribution in [0.2, 0.25) is 0 Å². The lowest BCUT2D eigenvalue weighted by Gasteiger charge is -2.15. The first-order chi connectivity index (χ1) is 13.9. The minimum absolute atomic E-state index is 0.238. The van der Waals surface area contributed by atoms with Crippen LogP contribution in [0.5, 0.6) is 5.75 Å². The van der Waals surface area contributed by atoms with Gasteiger partial charge in [-0.05, 0) is 42.2 Å². The van der Waals surface area contributed by atoms with Gasteiger partial charge in [0.05, 0.1) is 19.3 Å². The molecule has 0 radical (unpaired) electrons. The van der Waals surface area contributed by atoms with Crippen molar-refractivity contribution in [2.24, 2.45) is 0 Å². The molecule has 4 amide bonds. The van der Waals surface area contributed by atoms with Crippen molar-refractivity contribution in [3.63, 3.8) is 0 Å². The highest BCUT2D eigenvalue weighted by molar-refractivity contribution is 6.53. The largest absolute Gasteiger partial charge is 0.497 e. The van der Waals surface area contributed by atoms with Crippen LogP contribution in [0.4, 0.5) is 10.5 Å². The van der Waals surface area contributed by atoms with E-state index in [4.69, 9.17) is 4.74 Å². The number of urea groups is 1. The van der Waals surface area contributed by atoms with Crippen LogP contribution in [0.15, 0.2) is 48.5 Å². The number of carbonyl (C=O) groups excluding carboxylic acids is 4. The number of benzene rings is 2. The molecule has 2 aromatic rings. The average molecular weight is 394 g/mol. The van der Waals surface area contributed by atoms with Crippen molar-refractivity contribution in [1.29, 1.82) is 0 Å². The Kier molecular flexibility index (Phi) is 5.77. The molecule has 0 bridgehead atoms. The smallest absolute Gasteiger partial charge is 0.339 e. The SMILES string of the molecule is CC[C@@H](C)c1ccc(C(=O)CN2C(=O)C(=O)N(c3ccc(OC)cc3)C2=O)cc1. The first-order valence-electron chi connectivity index (χ1n) is 9.34. The molecule has 2 aromatic carbocycles. The van der Waals surface area contributed by atoms with E-state index in [1.54, 1.807) is 24.3 Å². The highest BCUT2D eigenvalue weighted by Crippen LogP contribution is 2.25. The zero-order valence-electron chi connectivity index (χ0n) is 16.5. The molecule has 29 heavy (non-hydrogen) atoms. The van der Waals surface area contributed by atoms with E-state index < -0.39 is 30.2 Å². The molecule has 1 saturated heterocycles. The number of ketones is 1. The second-order valence-corrected chi connectivity index (χ2v) is 6.87. The van der Waals surface area contributed by atoms with Crippen molar-refractivity contribution in [3.05, 3.63) is 59.7 Å². The molecule has 0 aromatic heterocycles. The fourth-order valence-corrected chi connectivity index (χ4v) is 3.07. The van der Waals surface area contributed by atoms with Crippen LogP contribution >= 0.6 is 0 Å². The minimum atomic E-state index is -1.02. The van der Waals surface area contributed by atoms with Gasteiger partial charge < -0.3 is 4.74 Å². The molecule has 0 N–H and O–H groups in total. The molecular weight excluding hydrogens is 372 g/mol. The topological polar surface area (TPSA) is 84.0 Å². The summed E-state index contributed by atoms with van der Waals surface area (Å²) >= 11 is 0. The maximum absolute atomic E-state index is 12.7. The average Bonchev–Trinajstić information content (AvgIpc) is 2.96. The third-order valence-electron chi connectivity index (χ3n) is 5.10. The number of amides is 4. The van der Waals surface area contributed by atoms with E-state index in [-0.39, 0.29) is 5.69 Å². The summed E-state index contributed by atoms with van der Waals surface area (Å²) in [5, 5.41) is 0.